The van der Waals surface area contributed by atoms with Crippen LogP contribution < -0.4 is 5.32 Å². The van der Waals surface area contributed by atoms with Gasteiger partial charge in [-0.15, -0.1) is 0 Å². The summed E-state index contributed by atoms with van der Waals surface area (Å²) in [5.41, 5.74) is 0. The SMILES string of the molecule is CC(=O)NC1CCCC(N(C2CCC(C)CC2)C2CCC(C)CC2)C1. The second-order valence-electron chi connectivity index (χ2n) is 9.49. The van der Waals surface area contributed by atoms with Gasteiger partial charge in [0, 0.05) is 31.1 Å². The van der Waals surface area contributed by atoms with Gasteiger partial charge >= 0.3 is 0 Å². The summed E-state index contributed by atoms with van der Waals surface area (Å²) < 4.78 is 0. The van der Waals surface area contributed by atoms with Crippen LogP contribution in [-0.2, 0) is 4.79 Å². The van der Waals surface area contributed by atoms with E-state index >= 15 is 0 Å². The van der Waals surface area contributed by atoms with E-state index in [9.17, 15) is 4.79 Å². The van der Waals surface area contributed by atoms with Crippen molar-refractivity contribution in [2.45, 2.75) is 122 Å². The Morgan fingerprint density at radius 1 is 0.760 bits per heavy atom. The Labute approximate surface area is 155 Å². The Morgan fingerprint density at radius 2 is 1.28 bits per heavy atom. The number of rotatable bonds is 4. The third-order valence-electron chi connectivity index (χ3n) is 7.29. The highest BCUT2D eigenvalue weighted by Gasteiger charge is 2.37. The maximum atomic E-state index is 11.5. The molecule has 0 aromatic carbocycles. The highest BCUT2D eigenvalue weighted by atomic mass is 16.1. The third kappa shape index (κ3) is 5.21. The monoisotopic (exact) mass is 348 g/mol. The van der Waals surface area contributed by atoms with Crippen LogP contribution in [0.3, 0.4) is 0 Å². The van der Waals surface area contributed by atoms with E-state index in [2.05, 4.69) is 24.1 Å². The van der Waals surface area contributed by atoms with Crippen molar-refractivity contribution in [1.29, 1.82) is 0 Å². The molecule has 0 radical (unpaired) electrons. The molecule has 3 heteroatoms. The molecular weight excluding hydrogens is 308 g/mol. The van der Waals surface area contributed by atoms with Gasteiger partial charge in [-0.2, -0.15) is 0 Å². The fraction of sp³-hybridized carbons (Fsp3) is 0.955. The van der Waals surface area contributed by atoms with Gasteiger partial charge in [0.1, 0.15) is 0 Å². The molecule has 3 fully saturated rings. The molecule has 3 aliphatic rings. The summed E-state index contributed by atoms with van der Waals surface area (Å²) in [5, 5.41) is 3.22. The maximum absolute atomic E-state index is 11.5. The van der Waals surface area contributed by atoms with Crippen molar-refractivity contribution in [2.75, 3.05) is 0 Å². The Kier molecular flexibility index (Phi) is 6.82. The molecule has 0 spiro atoms. The second-order valence-corrected chi connectivity index (χ2v) is 9.49. The van der Waals surface area contributed by atoms with Gasteiger partial charge in [-0.25, -0.2) is 0 Å². The predicted molar refractivity (Wildman–Crippen MR) is 105 cm³/mol. The Bertz CT molecular complexity index is 400. The lowest BCUT2D eigenvalue weighted by Crippen LogP contribution is -2.54. The average molecular weight is 349 g/mol. The zero-order valence-electron chi connectivity index (χ0n) is 16.8. The molecular formula is C22H40N2O. The van der Waals surface area contributed by atoms with Crippen molar-refractivity contribution in [2.24, 2.45) is 11.8 Å². The molecule has 0 aromatic heterocycles. The van der Waals surface area contributed by atoms with E-state index in [-0.39, 0.29) is 5.91 Å². The first-order valence-corrected chi connectivity index (χ1v) is 11.1. The van der Waals surface area contributed by atoms with Crippen LogP contribution in [0.25, 0.3) is 0 Å². The summed E-state index contributed by atoms with van der Waals surface area (Å²) in [4.78, 5) is 14.5. The summed E-state index contributed by atoms with van der Waals surface area (Å²) in [6.45, 7) is 6.53. The van der Waals surface area contributed by atoms with E-state index in [4.69, 9.17) is 0 Å². The van der Waals surface area contributed by atoms with Crippen molar-refractivity contribution < 1.29 is 4.79 Å². The molecule has 1 N–H and O–H groups in total. The standard InChI is InChI=1S/C22H40N2O/c1-16-7-11-20(12-8-16)24(21-13-9-17(2)10-14-21)22-6-4-5-19(15-22)23-18(3)25/h16-17,19-22H,4-15H2,1-3H3,(H,23,25). The van der Waals surface area contributed by atoms with Crippen molar-refractivity contribution >= 4 is 5.91 Å². The second kappa shape index (κ2) is 8.88. The largest absolute Gasteiger partial charge is 0.354 e. The van der Waals surface area contributed by atoms with E-state index in [0.29, 0.717) is 12.1 Å². The summed E-state index contributed by atoms with van der Waals surface area (Å²) in [6.07, 6.45) is 16.2. The maximum Gasteiger partial charge on any atom is 0.217 e. The number of nitrogens with one attached hydrogen (secondary N) is 1. The van der Waals surface area contributed by atoms with Gasteiger partial charge in [-0.05, 0) is 88.9 Å². The molecule has 0 aromatic rings. The fourth-order valence-electron chi connectivity index (χ4n) is 5.83. The zero-order valence-corrected chi connectivity index (χ0v) is 16.8. The third-order valence-corrected chi connectivity index (χ3v) is 7.29. The fourth-order valence-corrected chi connectivity index (χ4v) is 5.83. The normalized spacial score (nSPS) is 40.0. The van der Waals surface area contributed by atoms with Gasteiger partial charge in [0.25, 0.3) is 0 Å². The Morgan fingerprint density at radius 3 is 1.76 bits per heavy atom. The molecule has 144 valence electrons. The highest BCUT2D eigenvalue weighted by Crippen LogP contribution is 2.38. The van der Waals surface area contributed by atoms with Crippen molar-refractivity contribution in [1.82, 2.24) is 10.2 Å². The van der Waals surface area contributed by atoms with E-state index < -0.39 is 0 Å². The first-order valence-electron chi connectivity index (χ1n) is 11.1. The van der Waals surface area contributed by atoms with Crippen LogP contribution in [0.4, 0.5) is 0 Å². The van der Waals surface area contributed by atoms with E-state index in [1.165, 1.54) is 77.0 Å². The van der Waals surface area contributed by atoms with Crippen LogP contribution >= 0.6 is 0 Å². The van der Waals surface area contributed by atoms with Gasteiger partial charge in [-0.3, -0.25) is 9.69 Å². The Balaban J connectivity index is 1.69. The number of carbonyl (C=O) groups excluding carboxylic acids is 1. The summed E-state index contributed by atoms with van der Waals surface area (Å²) in [6, 6.07) is 2.71. The van der Waals surface area contributed by atoms with Crippen LogP contribution in [0, 0.1) is 11.8 Å². The first kappa shape index (κ1) is 19.2. The van der Waals surface area contributed by atoms with E-state index in [1.807, 2.05) is 0 Å². The van der Waals surface area contributed by atoms with Crippen molar-refractivity contribution in [3.63, 3.8) is 0 Å². The molecule has 0 heterocycles. The lowest BCUT2D eigenvalue weighted by atomic mass is 9.79. The average Bonchev–Trinajstić information content (AvgIpc) is 2.58. The quantitative estimate of drug-likeness (QED) is 0.784. The summed E-state index contributed by atoms with van der Waals surface area (Å²) >= 11 is 0. The van der Waals surface area contributed by atoms with Gasteiger partial charge in [0.05, 0.1) is 0 Å². The number of carbonyl (C=O) groups is 1. The predicted octanol–water partition coefficient (Wildman–Crippen LogP) is 4.89. The molecule has 1 amide bonds. The molecule has 3 rings (SSSR count). The molecule has 0 aliphatic heterocycles. The van der Waals surface area contributed by atoms with Gasteiger partial charge in [0.2, 0.25) is 5.91 Å². The lowest BCUT2D eigenvalue weighted by Gasteiger charge is -2.49. The smallest absolute Gasteiger partial charge is 0.217 e. The van der Waals surface area contributed by atoms with Gasteiger partial charge in [0.15, 0.2) is 0 Å². The first-order chi connectivity index (χ1) is 12.0. The molecule has 25 heavy (non-hydrogen) atoms. The molecule has 0 saturated heterocycles. The van der Waals surface area contributed by atoms with Gasteiger partial charge < -0.3 is 5.32 Å². The zero-order chi connectivity index (χ0) is 17.8. The molecule has 2 atom stereocenters. The minimum Gasteiger partial charge on any atom is -0.354 e. The minimum absolute atomic E-state index is 0.148. The van der Waals surface area contributed by atoms with Crippen LogP contribution in [-0.4, -0.2) is 35.0 Å². The minimum atomic E-state index is 0.148. The number of amides is 1. The topological polar surface area (TPSA) is 32.3 Å². The number of hydrogen-bond donors (Lipinski definition) is 1. The molecule has 3 saturated carbocycles. The highest BCUT2D eigenvalue weighted by molar-refractivity contribution is 5.73. The van der Waals surface area contributed by atoms with Crippen molar-refractivity contribution in [3.8, 4) is 0 Å². The molecule has 0 bridgehead atoms. The number of hydrogen-bond acceptors (Lipinski definition) is 2. The van der Waals surface area contributed by atoms with Gasteiger partial charge in [-0.1, -0.05) is 13.8 Å². The lowest BCUT2D eigenvalue weighted by molar-refractivity contribution is -0.120. The molecule has 2 unspecified atom stereocenters. The van der Waals surface area contributed by atoms with Crippen molar-refractivity contribution in [3.05, 3.63) is 0 Å². The summed E-state index contributed by atoms with van der Waals surface area (Å²) in [5.74, 6) is 1.99. The van der Waals surface area contributed by atoms with Crippen LogP contribution in [0.5, 0.6) is 0 Å². The summed E-state index contributed by atoms with van der Waals surface area (Å²) in [7, 11) is 0. The van der Waals surface area contributed by atoms with Crippen LogP contribution in [0.15, 0.2) is 0 Å². The number of nitrogens with zero attached hydrogens (tertiary/aromatic N) is 1. The molecule has 3 nitrogen and oxygen atoms in total. The van der Waals surface area contributed by atoms with Crippen LogP contribution in [0.2, 0.25) is 0 Å². The van der Waals surface area contributed by atoms with E-state index in [1.54, 1.807) is 6.92 Å². The molecule has 3 aliphatic carbocycles. The van der Waals surface area contributed by atoms with E-state index in [0.717, 1.165) is 23.9 Å². The van der Waals surface area contributed by atoms with Crippen LogP contribution in [0.1, 0.15) is 97.8 Å². The Hall–Kier alpha value is -0.570.